The fraction of sp³-hybridized carbons (Fsp3) is 0.235. The Labute approximate surface area is 164 Å². The lowest BCUT2D eigenvalue weighted by Crippen LogP contribution is -2.44. The van der Waals surface area contributed by atoms with Gasteiger partial charge in [0.25, 0.3) is 5.91 Å². The van der Waals surface area contributed by atoms with Crippen molar-refractivity contribution in [3.63, 3.8) is 0 Å². The molecule has 0 saturated carbocycles. The van der Waals surface area contributed by atoms with Gasteiger partial charge in [-0.25, -0.2) is 9.78 Å². The number of hydrogen-bond acceptors (Lipinski definition) is 7. The minimum Gasteiger partial charge on any atom is -0.480 e. The van der Waals surface area contributed by atoms with Gasteiger partial charge in [-0.05, 0) is 36.6 Å². The Bertz CT molecular complexity index is 916. The van der Waals surface area contributed by atoms with Crippen molar-refractivity contribution in [2.24, 2.45) is 0 Å². The highest BCUT2D eigenvalue weighted by Gasteiger charge is 2.40. The summed E-state index contributed by atoms with van der Waals surface area (Å²) in [6.07, 6.45) is 5.41. The van der Waals surface area contributed by atoms with Gasteiger partial charge in [-0.3, -0.25) is 14.7 Å². The van der Waals surface area contributed by atoms with Gasteiger partial charge in [0.15, 0.2) is 0 Å². The number of carboxylic acid groups (broad SMARTS) is 1. The normalized spacial score (nSPS) is 17.3. The zero-order valence-electron chi connectivity index (χ0n) is 13.8. The quantitative estimate of drug-likeness (QED) is 0.580. The monoisotopic (exact) mass is 405 g/mol. The first kappa shape index (κ1) is 18.8. The van der Waals surface area contributed by atoms with Gasteiger partial charge in [0.1, 0.15) is 10.4 Å². The van der Waals surface area contributed by atoms with E-state index in [0.717, 1.165) is 22.8 Å². The van der Waals surface area contributed by atoms with Gasteiger partial charge in [0.2, 0.25) is 0 Å². The first-order chi connectivity index (χ1) is 12.5. The van der Waals surface area contributed by atoms with Crippen LogP contribution in [-0.2, 0) is 9.59 Å². The Hall–Kier alpha value is -1.97. The molecule has 1 aliphatic heterocycles. The predicted molar refractivity (Wildman–Crippen MR) is 109 cm³/mol. The largest absolute Gasteiger partial charge is 0.480 e. The second-order valence-electron chi connectivity index (χ2n) is 5.47. The fourth-order valence-corrected chi connectivity index (χ4v) is 4.32. The van der Waals surface area contributed by atoms with E-state index in [4.69, 9.17) is 12.2 Å². The number of aromatic nitrogens is 2. The van der Waals surface area contributed by atoms with E-state index < -0.39 is 17.9 Å². The summed E-state index contributed by atoms with van der Waals surface area (Å²) in [6, 6.07) is 6.48. The number of thioether (sulfide) groups is 2. The van der Waals surface area contributed by atoms with Crippen LogP contribution in [0.4, 0.5) is 0 Å². The molecule has 2 heterocycles. The van der Waals surface area contributed by atoms with Gasteiger partial charge in [-0.15, -0.1) is 0 Å². The van der Waals surface area contributed by atoms with Crippen LogP contribution in [0, 0.1) is 0 Å². The Morgan fingerprint density at radius 1 is 1.42 bits per heavy atom. The molecule has 1 aromatic heterocycles. The number of nitrogens with zero attached hydrogens (tertiary/aromatic N) is 3. The molecule has 1 aliphatic rings. The molecule has 2 aromatic rings. The van der Waals surface area contributed by atoms with Gasteiger partial charge in [-0.1, -0.05) is 36.1 Å². The van der Waals surface area contributed by atoms with Crippen molar-refractivity contribution in [2.75, 3.05) is 12.0 Å². The molecule has 1 amide bonds. The number of thiocarbonyl (C=S) groups is 1. The molecule has 6 nitrogen and oxygen atoms in total. The number of hydrogen-bond donors (Lipinski definition) is 1. The number of amides is 1. The molecule has 1 unspecified atom stereocenters. The van der Waals surface area contributed by atoms with Crippen LogP contribution in [0.2, 0.25) is 0 Å². The maximum atomic E-state index is 12.7. The Balaban J connectivity index is 1.89. The van der Waals surface area contributed by atoms with E-state index in [1.165, 1.54) is 16.7 Å². The summed E-state index contributed by atoms with van der Waals surface area (Å²) in [5, 5.41) is 9.48. The van der Waals surface area contributed by atoms with Crippen LogP contribution in [0.3, 0.4) is 0 Å². The number of para-hydroxylation sites is 2. The zero-order valence-corrected chi connectivity index (χ0v) is 16.2. The molecule has 0 aliphatic carbocycles. The number of carbonyl (C=O) groups is 2. The van der Waals surface area contributed by atoms with Crippen molar-refractivity contribution in [1.82, 2.24) is 14.9 Å². The highest BCUT2D eigenvalue weighted by Crippen LogP contribution is 2.34. The summed E-state index contributed by atoms with van der Waals surface area (Å²) in [7, 11) is 0. The molecule has 0 bridgehead atoms. The van der Waals surface area contributed by atoms with Gasteiger partial charge >= 0.3 is 5.97 Å². The Morgan fingerprint density at radius 3 is 2.85 bits per heavy atom. The summed E-state index contributed by atoms with van der Waals surface area (Å²) in [5.41, 5.74) is 2.01. The molecule has 0 spiro atoms. The maximum Gasteiger partial charge on any atom is 0.326 e. The molecule has 3 rings (SSSR count). The van der Waals surface area contributed by atoms with E-state index in [1.54, 1.807) is 12.3 Å². The molecule has 1 atom stereocenters. The number of carboxylic acids is 1. The molecule has 1 aromatic carbocycles. The summed E-state index contributed by atoms with van der Waals surface area (Å²) in [6.45, 7) is 0. The molecule has 134 valence electrons. The van der Waals surface area contributed by atoms with Crippen LogP contribution in [0.15, 0.2) is 35.4 Å². The third-order valence-electron chi connectivity index (χ3n) is 3.76. The molecule has 1 N–H and O–H groups in total. The number of aliphatic carboxylic acids is 1. The second kappa shape index (κ2) is 8.15. The standard InChI is InChI=1S/C17H15N3O3S3/c1-25-7-6-13(16(22)23)20-15(21)14(26-17(20)24)8-10-9-18-11-4-2-3-5-12(11)19-10/h2-5,8-9,13H,6-7H2,1H3,(H,22,23)/b14-8-. The molecule has 1 fully saturated rings. The lowest BCUT2D eigenvalue weighted by atomic mass is 10.2. The number of fused-ring (bicyclic) bond motifs is 1. The molecule has 26 heavy (non-hydrogen) atoms. The first-order valence-corrected chi connectivity index (χ1v) is 10.3. The Morgan fingerprint density at radius 2 is 2.15 bits per heavy atom. The molecule has 9 heteroatoms. The van der Waals surface area contributed by atoms with E-state index in [9.17, 15) is 14.7 Å². The van der Waals surface area contributed by atoms with Crippen LogP contribution in [0.5, 0.6) is 0 Å². The fourth-order valence-electron chi connectivity index (χ4n) is 2.52. The van der Waals surface area contributed by atoms with E-state index >= 15 is 0 Å². The zero-order chi connectivity index (χ0) is 18.7. The van der Waals surface area contributed by atoms with E-state index in [2.05, 4.69) is 9.97 Å². The lowest BCUT2D eigenvalue weighted by Gasteiger charge is -2.22. The highest BCUT2D eigenvalue weighted by molar-refractivity contribution is 8.26. The third-order valence-corrected chi connectivity index (χ3v) is 5.74. The smallest absolute Gasteiger partial charge is 0.326 e. The summed E-state index contributed by atoms with van der Waals surface area (Å²) >= 11 is 7.88. The summed E-state index contributed by atoms with van der Waals surface area (Å²) in [4.78, 5) is 34.6. The summed E-state index contributed by atoms with van der Waals surface area (Å²) < 4.78 is 0.253. The average molecular weight is 406 g/mol. The van der Waals surface area contributed by atoms with E-state index in [1.807, 2.05) is 30.5 Å². The SMILES string of the molecule is CSCCC(C(=O)O)N1C(=O)/C(=C/c2cnc3ccccc3n2)SC1=S. The van der Waals surface area contributed by atoms with Crippen molar-refractivity contribution in [3.05, 3.63) is 41.1 Å². The molecule has 1 saturated heterocycles. The minimum absolute atomic E-state index is 0.253. The number of benzene rings is 1. The molecular formula is C17H15N3O3S3. The Kier molecular flexibility index (Phi) is 5.90. The van der Waals surface area contributed by atoms with Crippen molar-refractivity contribution in [3.8, 4) is 0 Å². The van der Waals surface area contributed by atoms with Crippen LogP contribution < -0.4 is 0 Å². The van der Waals surface area contributed by atoms with Gasteiger partial charge in [-0.2, -0.15) is 11.8 Å². The van der Waals surface area contributed by atoms with Crippen LogP contribution in [0.1, 0.15) is 12.1 Å². The molecular weight excluding hydrogens is 390 g/mol. The average Bonchev–Trinajstić information content (AvgIpc) is 2.89. The topological polar surface area (TPSA) is 83.4 Å². The predicted octanol–water partition coefficient (Wildman–Crippen LogP) is 3.04. The number of rotatable bonds is 6. The first-order valence-electron chi connectivity index (χ1n) is 7.72. The molecule has 0 radical (unpaired) electrons. The van der Waals surface area contributed by atoms with Crippen molar-refractivity contribution < 1.29 is 14.7 Å². The van der Waals surface area contributed by atoms with Crippen LogP contribution in [0.25, 0.3) is 17.1 Å². The van der Waals surface area contributed by atoms with Crippen molar-refractivity contribution in [1.29, 1.82) is 0 Å². The van der Waals surface area contributed by atoms with E-state index in [0.29, 0.717) is 22.8 Å². The highest BCUT2D eigenvalue weighted by atomic mass is 32.2. The van der Waals surface area contributed by atoms with Crippen LogP contribution in [-0.4, -0.2) is 54.2 Å². The van der Waals surface area contributed by atoms with Crippen LogP contribution >= 0.6 is 35.7 Å². The van der Waals surface area contributed by atoms with Crippen molar-refractivity contribution >= 4 is 69.0 Å². The van der Waals surface area contributed by atoms with Gasteiger partial charge in [0.05, 0.1) is 27.8 Å². The summed E-state index contributed by atoms with van der Waals surface area (Å²) in [5.74, 6) is -0.825. The van der Waals surface area contributed by atoms with E-state index in [-0.39, 0.29) is 4.32 Å². The number of carbonyl (C=O) groups excluding carboxylic acids is 1. The third kappa shape index (κ3) is 3.89. The van der Waals surface area contributed by atoms with Crippen molar-refractivity contribution in [2.45, 2.75) is 12.5 Å². The minimum atomic E-state index is -1.05. The maximum absolute atomic E-state index is 12.7. The lowest BCUT2D eigenvalue weighted by molar-refractivity contribution is -0.145. The second-order valence-corrected chi connectivity index (χ2v) is 8.13. The van der Waals surface area contributed by atoms with Gasteiger partial charge < -0.3 is 5.11 Å². The van der Waals surface area contributed by atoms with Gasteiger partial charge in [0, 0.05) is 0 Å².